The van der Waals surface area contributed by atoms with Crippen molar-refractivity contribution < 1.29 is 42.9 Å². The van der Waals surface area contributed by atoms with Crippen molar-refractivity contribution in [2.75, 3.05) is 26.4 Å². The Bertz CT molecular complexity index is 1560. The van der Waals surface area contributed by atoms with Crippen molar-refractivity contribution in [1.29, 1.82) is 0 Å². The lowest BCUT2D eigenvalue weighted by molar-refractivity contribution is -0.171. The number of fused-ring (bicyclic) bond motifs is 1. The number of carbonyl (C=O) groups is 5. The Labute approximate surface area is 451 Å². The molecule has 1 aromatic rings. The van der Waals surface area contributed by atoms with E-state index in [1.165, 1.54) is 154 Å². The summed E-state index contributed by atoms with van der Waals surface area (Å²) >= 11 is 0. The molecule has 2 fully saturated rings. The second-order valence-electron chi connectivity index (χ2n) is 22.1. The molecule has 1 aliphatic carbocycles. The number of nitrogens with one attached hydrogen (secondary N) is 1. The van der Waals surface area contributed by atoms with Crippen molar-refractivity contribution >= 4 is 29.8 Å². The molecule has 1 heterocycles. The summed E-state index contributed by atoms with van der Waals surface area (Å²) in [7, 11) is 0. The van der Waals surface area contributed by atoms with Gasteiger partial charge in [0.1, 0.15) is 19.3 Å². The molecule has 5 atom stereocenters. The predicted octanol–water partition coefficient (Wildman–Crippen LogP) is 15.4. The minimum atomic E-state index is -0.995. The topological polar surface area (TPSA) is 138 Å². The monoisotopic (exact) mass is 1040 g/mol. The van der Waals surface area contributed by atoms with Gasteiger partial charge in [0.15, 0.2) is 6.10 Å². The Morgan fingerprint density at radius 2 is 1.00 bits per heavy atom. The zero-order valence-corrected chi connectivity index (χ0v) is 47.7. The van der Waals surface area contributed by atoms with Gasteiger partial charge in [0.05, 0.1) is 18.6 Å². The van der Waals surface area contributed by atoms with Crippen LogP contribution in [0, 0.1) is 5.92 Å². The summed E-state index contributed by atoms with van der Waals surface area (Å²) in [4.78, 5) is 69.5. The highest BCUT2D eigenvalue weighted by Crippen LogP contribution is 2.40. The van der Waals surface area contributed by atoms with Crippen molar-refractivity contribution in [2.45, 2.75) is 302 Å². The normalized spacial score (nSPS) is 17.2. The summed E-state index contributed by atoms with van der Waals surface area (Å²) in [6.45, 7) is 8.36. The van der Waals surface area contributed by atoms with Crippen LogP contribution in [0.25, 0.3) is 0 Å². The number of esters is 4. The molecule has 0 radical (unpaired) electrons. The summed E-state index contributed by atoms with van der Waals surface area (Å²) in [5, 5.41) is 3.35. The first-order valence-corrected chi connectivity index (χ1v) is 31.0. The lowest BCUT2D eigenvalue weighted by Crippen LogP contribution is -2.53. The average Bonchev–Trinajstić information content (AvgIpc) is 3.80. The number of carbonyl (C=O) groups excluding carboxylic acids is 5. The van der Waals surface area contributed by atoms with Gasteiger partial charge in [-0.15, -0.1) is 0 Å². The van der Waals surface area contributed by atoms with Crippen LogP contribution in [0.3, 0.4) is 0 Å². The quantitative estimate of drug-likeness (QED) is 0.0382. The number of hydrogen-bond donors (Lipinski definition) is 1. The highest BCUT2D eigenvalue weighted by molar-refractivity contribution is 5.88. The van der Waals surface area contributed by atoms with Gasteiger partial charge in [-0.25, -0.2) is 4.79 Å². The van der Waals surface area contributed by atoms with E-state index in [2.05, 4.69) is 19.2 Å². The molecule has 11 nitrogen and oxygen atoms in total. The molecular formula is C63H108N2O9. The van der Waals surface area contributed by atoms with Crippen molar-refractivity contribution in [3.05, 3.63) is 35.9 Å². The number of ether oxygens (including phenoxy) is 4. The lowest BCUT2D eigenvalue weighted by atomic mass is 9.84. The molecule has 0 bridgehead atoms. The van der Waals surface area contributed by atoms with Gasteiger partial charge in [0.25, 0.3) is 0 Å². The van der Waals surface area contributed by atoms with Crippen LogP contribution in [0.5, 0.6) is 0 Å². The van der Waals surface area contributed by atoms with E-state index in [4.69, 9.17) is 18.9 Å². The Morgan fingerprint density at radius 1 is 0.568 bits per heavy atom. The third kappa shape index (κ3) is 28.6. The Hall–Kier alpha value is -3.47. The minimum absolute atomic E-state index is 0.0893. The maximum Gasteiger partial charge on any atom is 0.329 e. The first-order chi connectivity index (χ1) is 36.2. The first-order valence-electron chi connectivity index (χ1n) is 31.0. The highest BCUT2D eigenvalue weighted by Gasteiger charge is 2.49. The van der Waals surface area contributed by atoms with Gasteiger partial charge in [-0.2, -0.15) is 0 Å². The maximum absolute atomic E-state index is 14.4. The first kappa shape index (κ1) is 64.8. The lowest BCUT2D eigenvalue weighted by Gasteiger charge is -2.35. The molecule has 1 amide bonds. The molecule has 2 aliphatic rings. The molecule has 1 saturated carbocycles. The van der Waals surface area contributed by atoms with Crippen molar-refractivity contribution in [3.63, 3.8) is 0 Å². The van der Waals surface area contributed by atoms with Gasteiger partial charge < -0.3 is 29.2 Å². The maximum atomic E-state index is 14.4. The summed E-state index contributed by atoms with van der Waals surface area (Å²) < 4.78 is 22.9. The highest BCUT2D eigenvalue weighted by atomic mass is 16.6. The van der Waals surface area contributed by atoms with Gasteiger partial charge >= 0.3 is 23.9 Å². The molecule has 74 heavy (non-hydrogen) atoms. The Morgan fingerprint density at radius 3 is 1.45 bits per heavy atom. The molecular weight excluding hydrogens is 929 g/mol. The van der Waals surface area contributed by atoms with Crippen molar-refractivity contribution in [2.24, 2.45) is 5.92 Å². The fourth-order valence-corrected chi connectivity index (χ4v) is 11.2. The van der Waals surface area contributed by atoms with Crippen LogP contribution in [-0.4, -0.2) is 85.3 Å². The van der Waals surface area contributed by atoms with Gasteiger partial charge in [0, 0.05) is 18.9 Å². The number of hydrogen-bond acceptors (Lipinski definition) is 10. The number of benzene rings is 1. The van der Waals surface area contributed by atoms with E-state index >= 15 is 0 Å². The average molecular weight is 1040 g/mol. The van der Waals surface area contributed by atoms with Crippen molar-refractivity contribution in [3.8, 4) is 0 Å². The largest absolute Gasteiger partial charge is 0.466 e. The summed E-state index contributed by atoms with van der Waals surface area (Å²) in [6.07, 6.45) is 41.5. The molecule has 11 heteroatoms. The molecule has 1 saturated heterocycles. The molecule has 0 spiro atoms. The summed E-state index contributed by atoms with van der Waals surface area (Å²) in [6, 6.07) is 8.01. The van der Waals surface area contributed by atoms with Gasteiger partial charge in [0.2, 0.25) is 5.91 Å². The third-order valence-corrected chi connectivity index (χ3v) is 15.8. The SMILES string of the molecule is CCCCCCCCCCCCCCCCCC(=O)OCC(COC(=O)CCCCCCCCCCCCCCCCC)OC(=O)[C@@H]1C[C@H]2CCCC[C@@H]2N1C(=O)[C@H](C)NCCC(C(=O)OCC)c1ccccc1. The van der Waals surface area contributed by atoms with E-state index in [9.17, 15) is 24.0 Å². The molecule has 1 N–H and O–H groups in total. The van der Waals surface area contributed by atoms with E-state index in [0.717, 1.165) is 69.8 Å². The summed E-state index contributed by atoms with van der Waals surface area (Å²) in [5.74, 6) is -2.06. The number of unbranched alkanes of at least 4 members (excludes halogenated alkanes) is 28. The molecule has 1 unspecified atom stereocenters. The van der Waals surface area contributed by atoms with E-state index in [0.29, 0.717) is 19.4 Å². The molecule has 1 aliphatic heterocycles. The summed E-state index contributed by atoms with van der Waals surface area (Å²) in [5.41, 5.74) is 0.861. The fraction of sp³-hybridized carbons (Fsp3) is 0.825. The number of likely N-dealkylation sites (tertiary alicyclic amines) is 1. The number of amides is 1. The molecule has 3 rings (SSSR count). The van der Waals surface area contributed by atoms with Crippen LogP contribution in [0.1, 0.15) is 283 Å². The van der Waals surface area contributed by atoms with E-state index in [1.807, 2.05) is 37.3 Å². The number of rotatable bonds is 46. The number of nitrogens with zero attached hydrogens (tertiary/aromatic N) is 1. The van der Waals surface area contributed by atoms with E-state index < -0.39 is 30.1 Å². The standard InChI is InChI=1S/C63H108N2O9/c1-5-8-10-12-14-16-18-20-22-24-26-28-30-32-37-45-59(66)72-50-55(51-73-60(67)46-38-33-31-29-27-25-23-21-19-17-15-13-11-9-6-2)74-63(70)58-49-54-43-39-40-44-57(54)65(58)61(68)52(4)64-48-47-56(62(69)71-7-3)53-41-35-34-36-42-53/h34-36,41-42,52,54-58,64H,5-33,37-40,43-51H2,1-4H3/t52-,54+,56?,57-,58-/m0/s1. The third-order valence-electron chi connectivity index (χ3n) is 15.8. The minimum Gasteiger partial charge on any atom is -0.466 e. The van der Waals surface area contributed by atoms with Crippen LogP contribution < -0.4 is 5.32 Å². The molecule has 424 valence electrons. The van der Waals surface area contributed by atoms with Crippen LogP contribution in [0.15, 0.2) is 30.3 Å². The zero-order valence-electron chi connectivity index (χ0n) is 47.7. The molecule has 0 aromatic heterocycles. The van der Waals surface area contributed by atoms with Gasteiger partial charge in [-0.3, -0.25) is 19.2 Å². The van der Waals surface area contributed by atoms with Gasteiger partial charge in [-0.1, -0.05) is 237 Å². The van der Waals surface area contributed by atoms with Crippen LogP contribution in [-0.2, 0) is 42.9 Å². The van der Waals surface area contributed by atoms with Crippen LogP contribution >= 0.6 is 0 Å². The van der Waals surface area contributed by atoms with Crippen LogP contribution in [0.4, 0.5) is 0 Å². The Kier molecular flexibility index (Phi) is 37.3. The second-order valence-corrected chi connectivity index (χ2v) is 22.1. The van der Waals surface area contributed by atoms with E-state index in [-0.39, 0.29) is 68.4 Å². The predicted molar refractivity (Wildman–Crippen MR) is 300 cm³/mol. The van der Waals surface area contributed by atoms with Crippen molar-refractivity contribution in [1.82, 2.24) is 10.2 Å². The fourth-order valence-electron chi connectivity index (χ4n) is 11.2. The van der Waals surface area contributed by atoms with Gasteiger partial charge in [-0.05, 0) is 70.4 Å². The Balaban J connectivity index is 1.50. The van der Waals surface area contributed by atoms with E-state index in [1.54, 1.807) is 11.8 Å². The smallest absolute Gasteiger partial charge is 0.329 e. The zero-order chi connectivity index (χ0) is 53.3. The van der Waals surface area contributed by atoms with Crippen LogP contribution in [0.2, 0.25) is 0 Å². The second kappa shape index (κ2) is 42.6. The molecule has 1 aromatic carbocycles.